The van der Waals surface area contributed by atoms with Crippen LogP contribution in [0.1, 0.15) is 57.8 Å². The second kappa shape index (κ2) is 5.64. The van der Waals surface area contributed by atoms with E-state index in [1.165, 1.54) is 19.3 Å². The maximum absolute atomic E-state index is 12.7. The molecule has 5 heteroatoms. The van der Waals surface area contributed by atoms with Crippen LogP contribution >= 0.6 is 15.9 Å². The van der Waals surface area contributed by atoms with Gasteiger partial charge in [-0.05, 0) is 44.4 Å². The maximum atomic E-state index is 12.7. The Balaban J connectivity index is 1.70. The molecule has 0 amide bonds. The molecule has 3 rings (SSSR count). The molecule has 0 spiro atoms. The van der Waals surface area contributed by atoms with Crippen LogP contribution in [-0.2, 0) is 10.0 Å². The van der Waals surface area contributed by atoms with E-state index in [4.69, 9.17) is 0 Å². The van der Waals surface area contributed by atoms with E-state index in [2.05, 4.69) is 15.9 Å². The molecule has 2 bridgehead atoms. The van der Waals surface area contributed by atoms with E-state index in [-0.39, 0.29) is 12.1 Å². The van der Waals surface area contributed by atoms with Crippen molar-refractivity contribution >= 4 is 26.0 Å². The second-order valence-electron chi connectivity index (χ2n) is 6.57. The van der Waals surface area contributed by atoms with Gasteiger partial charge in [0.2, 0.25) is 10.0 Å². The zero-order valence-electron chi connectivity index (χ0n) is 11.4. The van der Waals surface area contributed by atoms with Gasteiger partial charge in [0.25, 0.3) is 0 Å². The fourth-order valence-corrected chi connectivity index (χ4v) is 7.52. The molecule has 3 nitrogen and oxygen atoms in total. The lowest BCUT2D eigenvalue weighted by Gasteiger charge is -2.37. The number of hydrogen-bond donors (Lipinski definition) is 0. The molecule has 2 aliphatic heterocycles. The Bertz CT molecular complexity index is 405. The molecule has 2 atom stereocenters. The van der Waals surface area contributed by atoms with Gasteiger partial charge in [-0.3, -0.25) is 0 Å². The zero-order valence-corrected chi connectivity index (χ0v) is 13.8. The molecule has 0 radical (unpaired) electrons. The topological polar surface area (TPSA) is 37.4 Å². The van der Waals surface area contributed by atoms with E-state index < -0.39 is 10.0 Å². The van der Waals surface area contributed by atoms with Gasteiger partial charge in [-0.25, -0.2) is 8.42 Å². The van der Waals surface area contributed by atoms with Crippen LogP contribution in [0.15, 0.2) is 0 Å². The normalized spacial score (nSPS) is 37.6. The van der Waals surface area contributed by atoms with E-state index in [0.29, 0.717) is 16.5 Å². The number of nitrogens with zero attached hydrogens (tertiary/aromatic N) is 1. The summed E-state index contributed by atoms with van der Waals surface area (Å²) in [6.45, 7) is 0. The lowest BCUT2D eigenvalue weighted by molar-refractivity contribution is 0.251. The van der Waals surface area contributed by atoms with Gasteiger partial charge in [0.1, 0.15) is 0 Å². The summed E-state index contributed by atoms with van der Waals surface area (Å²) in [5, 5.41) is 0. The Morgan fingerprint density at radius 3 is 2.11 bits per heavy atom. The first-order valence-corrected chi connectivity index (χ1v) is 10.2. The molecule has 1 aliphatic carbocycles. The third kappa shape index (κ3) is 3.03. The first kappa shape index (κ1) is 14.3. The first-order chi connectivity index (χ1) is 9.06. The first-order valence-electron chi connectivity index (χ1n) is 7.71. The summed E-state index contributed by atoms with van der Waals surface area (Å²) in [6.07, 6.45) is 10.1. The third-order valence-electron chi connectivity index (χ3n) is 5.10. The van der Waals surface area contributed by atoms with Crippen LogP contribution in [0.2, 0.25) is 0 Å². The average molecular weight is 350 g/mol. The van der Waals surface area contributed by atoms with E-state index in [9.17, 15) is 8.42 Å². The minimum Gasteiger partial charge on any atom is -0.212 e. The van der Waals surface area contributed by atoms with E-state index >= 15 is 0 Å². The number of fused-ring (bicyclic) bond motifs is 2. The van der Waals surface area contributed by atoms with Crippen LogP contribution in [0.3, 0.4) is 0 Å². The molecule has 3 fully saturated rings. The molecule has 3 aliphatic rings. The van der Waals surface area contributed by atoms with Crippen LogP contribution in [-0.4, -0.2) is 35.4 Å². The summed E-state index contributed by atoms with van der Waals surface area (Å²) < 4.78 is 27.4. The largest absolute Gasteiger partial charge is 0.214 e. The molecule has 19 heavy (non-hydrogen) atoms. The van der Waals surface area contributed by atoms with Gasteiger partial charge >= 0.3 is 0 Å². The maximum Gasteiger partial charge on any atom is 0.214 e. The summed E-state index contributed by atoms with van der Waals surface area (Å²) in [6, 6.07) is 0.549. The minimum absolute atomic E-state index is 0.275. The van der Waals surface area contributed by atoms with Crippen molar-refractivity contribution in [2.75, 3.05) is 5.75 Å². The summed E-state index contributed by atoms with van der Waals surface area (Å²) in [5.41, 5.74) is 0. The van der Waals surface area contributed by atoms with Crippen molar-refractivity contribution in [3.63, 3.8) is 0 Å². The van der Waals surface area contributed by atoms with Crippen LogP contribution in [0.25, 0.3) is 0 Å². The highest BCUT2D eigenvalue weighted by molar-refractivity contribution is 9.09. The number of halogens is 1. The molecular weight excluding hydrogens is 326 g/mol. The van der Waals surface area contributed by atoms with Gasteiger partial charge in [-0.15, -0.1) is 0 Å². The Labute approximate surface area is 125 Å². The van der Waals surface area contributed by atoms with Crippen molar-refractivity contribution in [2.24, 2.45) is 5.92 Å². The fourth-order valence-electron chi connectivity index (χ4n) is 4.26. The lowest BCUT2D eigenvalue weighted by Crippen LogP contribution is -2.48. The van der Waals surface area contributed by atoms with E-state index in [0.717, 1.165) is 38.5 Å². The Hall–Kier alpha value is 0.390. The van der Waals surface area contributed by atoms with Crippen molar-refractivity contribution in [3.05, 3.63) is 0 Å². The van der Waals surface area contributed by atoms with Crippen molar-refractivity contribution in [2.45, 2.75) is 74.7 Å². The molecule has 0 aromatic carbocycles. The summed E-state index contributed by atoms with van der Waals surface area (Å²) in [7, 11) is -3.03. The number of sulfonamides is 1. The van der Waals surface area contributed by atoms with Gasteiger partial charge in [0.15, 0.2) is 0 Å². The SMILES string of the molecule is O=S(=O)(CC1CCCCC1)N1C2CCC1CC(Br)C2. The van der Waals surface area contributed by atoms with Crippen molar-refractivity contribution in [1.82, 2.24) is 4.31 Å². The number of hydrogen-bond acceptors (Lipinski definition) is 2. The molecule has 2 saturated heterocycles. The van der Waals surface area contributed by atoms with Gasteiger partial charge in [-0.2, -0.15) is 4.31 Å². The van der Waals surface area contributed by atoms with Gasteiger partial charge in [0.05, 0.1) is 5.75 Å². The van der Waals surface area contributed by atoms with Crippen molar-refractivity contribution in [1.29, 1.82) is 0 Å². The highest BCUT2D eigenvalue weighted by Gasteiger charge is 2.46. The summed E-state index contributed by atoms with van der Waals surface area (Å²) in [5.74, 6) is 0.826. The highest BCUT2D eigenvalue weighted by atomic mass is 79.9. The van der Waals surface area contributed by atoms with Crippen LogP contribution in [0.4, 0.5) is 0 Å². The summed E-state index contributed by atoms with van der Waals surface area (Å²) >= 11 is 3.68. The molecule has 0 aromatic rings. The molecule has 1 saturated carbocycles. The Morgan fingerprint density at radius 1 is 0.947 bits per heavy atom. The number of rotatable bonds is 3. The Kier molecular flexibility index (Phi) is 4.26. The van der Waals surface area contributed by atoms with Crippen molar-refractivity contribution < 1.29 is 8.42 Å². The smallest absolute Gasteiger partial charge is 0.212 e. The van der Waals surface area contributed by atoms with Crippen molar-refractivity contribution in [3.8, 4) is 0 Å². The predicted octanol–water partition coefficient (Wildman–Crippen LogP) is 3.29. The van der Waals surface area contributed by atoms with Gasteiger partial charge < -0.3 is 0 Å². The van der Waals surface area contributed by atoms with Gasteiger partial charge in [0, 0.05) is 16.9 Å². The van der Waals surface area contributed by atoms with E-state index in [1.807, 2.05) is 4.31 Å². The molecular formula is C14H24BrNO2S. The Morgan fingerprint density at radius 2 is 1.53 bits per heavy atom. The number of piperidine rings is 1. The molecule has 0 aromatic heterocycles. The average Bonchev–Trinajstić information content (AvgIpc) is 2.64. The minimum atomic E-state index is -3.03. The van der Waals surface area contributed by atoms with Crippen LogP contribution < -0.4 is 0 Å². The molecule has 0 N–H and O–H groups in total. The highest BCUT2D eigenvalue weighted by Crippen LogP contribution is 2.41. The molecule has 2 unspecified atom stereocenters. The lowest BCUT2D eigenvalue weighted by atomic mass is 9.91. The van der Waals surface area contributed by atoms with Gasteiger partial charge in [-0.1, -0.05) is 35.2 Å². The number of alkyl halides is 1. The molecule has 110 valence electrons. The standard InChI is InChI=1S/C14H24BrNO2S/c15-12-8-13-6-7-14(9-12)16(13)19(17,18)10-11-4-2-1-3-5-11/h11-14H,1-10H2. The summed E-state index contributed by atoms with van der Waals surface area (Å²) in [4.78, 5) is 0.520. The zero-order chi connectivity index (χ0) is 13.5. The van der Waals surface area contributed by atoms with Crippen LogP contribution in [0.5, 0.6) is 0 Å². The predicted molar refractivity (Wildman–Crippen MR) is 81.0 cm³/mol. The van der Waals surface area contributed by atoms with Crippen LogP contribution in [0, 0.1) is 5.92 Å². The third-order valence-corrected chi connectivity index (χ3v) is 7.98. The van der Waals surface area contributed by atoms with E-state index in [1.54, 1.807) is 0 Å². The quantitative estimate of drug-likeness (QED) is 0.733. The molecule has 2 heterocycles. The second-order valence-corrected chi connectivity index (χ2v) is 9.78. The fraction of sp³-hybridized carbons (Fsp3) is 1.00. The monoisotopic (exact) mass is 349 g/mol.